The van der Waals surface area contributed by atoms with Gasteiger partial charge in [0.25, 0.3) is 0 Å². The summed E-state index contributed by atoms with van der Waals surface area (Å²) >= 11 is 1.69. The number of likely N-dealkylation sites (tertiary alicyclic amines) is 1. The number of thiophene rings is 1. The summed E-state index contributed by atoms with van der Waals surface area (Å²) in [6.07, 6.45) is 7.70. The number of amides is 1. The Morgan fingerprint density at radius 1 is 1.43 bits per heavy atom. The summed E-state index contributed by atoms with van der Waals surface area (Å²) in [5, 5.41) is 11.4. The fraction of sp³-hybridized carbons (Fsp3) is 0.562. The Balaban J connectivity index is 1.45. The maximum Gasteiger partial charge on any atom is 0.234 e. The van der Waals surface area contributed by atoms with Crippen molar-refractivity contribution in [3.8, 4) is 0 Å². The summed E-state index contributed by atoms with van der Waals surface area (Å²) in [7, 11) is 0. The molecule has 1 saturated heterocycles. The highest BCUT2D eigenvalue weighted by Gasteiger charge is 2.24. The molecule has 0 unspecified atom stereocenters. The molecule has 0 bridgehead atoms. The van der Waals surface area contributed by atoms with Crippen molar-refractivity contribution in [1.29, 1.82) is 0 Å². The van der Waals surface area contributed by atoms with Crippen molar-refractivity contribution < 1.29 is 4.79 Å². The molecule has 0 radical (unpaired) electrons. The van der Waals surface area contributed by atoms with Gasteiger partial charge in [0.15, 0.2) is 0 Å². The minimum Gasteiger partial charge on any atom is -0.355 e. The quantitative estimate of drug-likeness (QED) is 0.835. The first kappa shape index (κ1) is 16.1. The van der Waals surface area contributed by atoms with E-state index in [1.807, 2.05) is 4.68 Å². The highest BCUT2D eigenvalue weighted by atomic mass is 32.1. The van der Waals surface area contributed by atoms with E-state index < -0.39 is 0 Å². The molecule has 2 aromatic heterocycles. The van der Waals surface area contributed by atoms with Gasteiger partial charge in [-0.1, -0.05) is 6.42 Å². The summed E-state index contributed by atoms with van der Waals surface area (Å²) in [4.78, 5) is 18.5. The van der Waals surface area contributed by atoms with Crippen LogP contribution in [0.4, 0.5) is 0 Å². The summed E-state index contributed by atoms with van der Waals surface area (Å²) < 4.78 is 1.86. The van der Waals surface area contributed by atoms with Gasteiger partial charge in [-0.3, -0.25) is 14.4 Å². The van der Waals surface area contributed by atoms with Crippen molar-refractivity contribution in [1.82, 2.24) is 25.0 Å². The molecule has 7 heteroatoms. The van der Waals surface area contributed by atoms with Crippen LogP contribution in [0, 0.1) is 0 Å². The standard InChI is InChI=1S/C16H23N5OS/c22-16(18-6-4-14-5-8-23-11-14)10-20-7-2-1-3-15(20)9-21-13-17-12-19-21/h5,8,11-13,15H,1-4,6-7,9-10H2,(H,18,22)/t15-/m0/s1. The third-order valence-electron chi connectivity index (χ3n) is 4.28. The third-order valence-corrected chi connectivity index (χ3v) is 5.01. The largest absolute Gasteiger partial charge is 0.355 e. The third kappa shape index (κ3) is 4.87. The van der Waals surface area contributed by atoms with E-state index >= 15 is 0 Å². The molecule has 2 aromatic rings. The Hall–Kier alpha value is -1.73. The SMILES string of the molecule is O=C(CN1CCCC[C@H]1Cn1cncn1)NCCc1ccsc1. The average molecular weight is 333 g/mol. The lowest BCUT2D eigenvalue weighted by molar-refractivity contribution is -0.123. The van der Waals surface area contributed by atoms with E-state index in [-0.39, 0.29) is 5.91 Å². The van der Waals surface area contributed by atoms with Gasteiger partial charge < -0.3 is 5.32 Å². The second kappa shape index (κ2) is 8.21. The van der Waals surface area contributed by atoms with Crippen LogP contribution in [0.15, 0.2) is 29.5 Å². The maximum absolute atomic E-state index is 12.2. The number of rotatable bonds is 7. The molecule has 0 saturated carbocycles. The van der Waals surface area contributed by atoms with Crippen molar-refractivity contribution >= 4 is 17.2 Å². The van der Waals surface area contributed by atoms with E-state index in [1.54, 1.807) is 24.0 Å². The minimum absolute atomic E-state index is 0.116. The molecule has 1 aliphatic heterocycles. The van der Waals surface area contributed by atoms with Crippen LogP contribution in [0.1, 0.15) is 24.8 Å². The molecule has 23 heavy (non-hydrogen) atoms. The van der Waals surface area contributed by atoms with Gasteiger partial charge in [0.2, 0.25) is 5.91 Å². The van der Waals surface area contributed by atoms with E-state index in [1.165, 1.54) is 12.0 Å². The van der Waals surface area contributed by atoms with Crippen LogP contribution in [0.5, 0.6) is 0 Å². The molecule has 3 rings (SSSR count). The van der Waals surface area contributed by atoms with Crippen molar-refractivity contribution in [2.45, 2.75) is 38.3 Å². The maximum atomic E-state index is 12.2. The lowest BCUT2D eigenvalue weighted by Crippen LogP contribution is -2.47. The van der Waals surface area contributed by atoms with Gasteiger partial charge in [-0.05, 0) is 48.2 Å². The molecule has 124 valence electrons. The average Bonchev–Trinajstić information content (AvgIpc) is 3.23. The number of hydrogen-bond donors (Lipinski definition) is 1. The van der Waals surface area contributed by atoms with Crippen molar-refractivity contribution in [3.05, 3.63) is 35.0 Å². The van der Waals surface area contributed by atoms with Crippen LogP contribution in [0.2, 0.25) is 0 Å². The first-order valence-electron chi connectivity index (χ1n) is 8.15. The van der Waals surface area contributed by atoms with Crippen LogP contribution in [0.25, 0.3) is 0 Å². The van der Waals surface area contributed by atoms with Gasteiger partial charge in [-0.2, -0.15) is 16.4 Å². The monoisotopic (exact) mass is 333 g/mol. The molecule has 0 aromatic carbocycles. The normalized spacial score (nSPS) is 18.9. The number of hydrogen-bond acceptors (Lipinski definition) is 5. The lowest BCUT2D eigenvalue weighted by atomic mass is 10.0. The van der Waals surface area contributed by atoms with Gasteiger partial charge in [0.05, 0.1) is 13.1 Å². The first-order chi connectivity index (χ1) is 11.3. The Kier molecular flexibility index (Phi) is 5.76. The van der Waals surface area contributed by atoms with Gasteiger partial charge in [0, 0.05) is 12.6 Å². The van der Waals surface area contributed by atoms with E-state index in [9.17, 15) is 4.79 Å². The van der Waals surface area contributed by atoms with Crippen LogP contribution in [-0.4, -0.2) is 51.2 Å². The molecule has 1 fully saturated rings. The molecule has 1 N–H and O–H groups in total. The highest BCUT2D eigenvalue weighted by molar-refractivity contribution is 7.07. The van der Waals surface area contributed by atoms with Gasteiger partial charge in [-0.15, -0.1) is 0 Å². The zero-order chi connectivity index (χ0) is 15.9. The minimum atomic E-state index is 0.116. The number of aromatic nitrogens is 3. The zero-order valence-corrected chi connectivity index (χ0v) is 14.0. The zero-order valence-electron chi connectivity index (χ0n) is 13.2. The Bertz CT molecular complexity index is 584. The van der Waals surface area contributed by atoms with Gasteiger partial charge >= 0.3 is 0 Å². The summed E-state index contributed by atoms with van der Waals surface area (Å²) in [5.74, 6) is 0.116. The molecule has 0 spiro atoms. The Morgan fingerprint density at radius 3 is 3.17 bits per heavy atom. The van der Waals surface area contributed by atoms with E-state index in [0.717, 1.165) is 32.4 Å². The second-order valence-corrected chi connectivity index (χ2v) is 6.75. The van der Waals surface area contributed by atoms with Crippen molar-refractivity contribution in [2.75, 3.05) is 19.6 Å². The van der Waals surface area contributed by atoms with E-state index in [0.29, 0.717) is 19.1 Å². The van der Waals surface area contributed by atoms with Crippen LogP contribution >= 0.6 is 11.3 Å². The molecule has 1 aliphatic rings. The predicted octanol–water partition coefficient (Wildman–Crippen LogP) is 1.55. The Morgan fingerprint density at radius 2 is 2.39 bits per heavy atom. The molecule has 1 atom stereocenters. The van der Waals surface area contributed by atoms with Crippen molar-refractivity contribution in [3.63, 3.8) is 0 Å². The number of carbonyl (C=O) groups is 1. The molecule has 6 nitrogen and oxygen atoms in total. The van der Waals surface area contributed by atoms with Gasteiger partial charge in [-0.25, -0.2) is 4.98 Å². The highest BCUT2D eigenvalue weighted by Crippen LogP contribution is 2.17. The van der Waals surface area contributed by atoms with Crippen molar-refractivity contribution in [2.24, 2.45) is 0 Å². The summed E-state index contributed by atoms with van der Waals surface area (Å²) in [5.41, 5.74) is 1.29. The smallest absolute Gasteiger partial charge is 0.234 e. The van der Waals surface area contributed by atoms with Gasteiger partial charge in [0.1, 0.15) is 12.7 Å². The second-order valence-electron chi connectivity index (χ2n) is 5.97. The first-order valence-corrected chi connectivity index (χ1v) is 9.10. The number of piperidine rings is 1. The number of carbonyl (C=O) groups excluding carboxylic acids is 1. The molecular weight excluding hydrogens is 310 g/mol. The van der Waals surface area contributed by atoms with Crippen LogP contribution in [0.3, 0.4) is 0 Å². The molecule has 3 heterocycles. The Labute approximate surface area is 140 Å². The fourth-order valence-corrected chi connectivity index (χ4v) is 3.74. The molecular formula is C16H23N5OS. The predicted molar refractivity (Wildman–Crippen MR) is 90.3 cm³/mol. The molecule has 1 amide bonds. The molecule has 0 aliphatic carbocycles. The van der Waals surface area contributed by atoms with E-state index in [4.69, 9.17) is 0 Å². The summed E-state index contributed by atoms with van der Waals surface area (Å²) in [6.45, 7) is 2.97. The topological polar surface area (TPSA) is 63.1 Å². The number of nitrogens with one attached hydrogen (secondary N) is 1. The summed E-state index contributed by atoms with van der Waals surface area (Å²) in [6, 6.07) is 2.48. The van der Waals surface area contributed by atoms with E-state index in [2.05, 4.69) is 37.1 Å². The number of nitrogens with zero attached hydrogens (tertiary/aromatic N) is 4. The lowest BCUT2D eigenvalue weighted by Gasteiger charge is -2.35. The van der Waals surface area contributed by atoms with Crippen LogP contribution < -0.4 is 5.32 Å². The van der Waals surface area contributed by atoms with Crippen LogP contribution in [-0.2, 0) is 17.8 Å². The fourth-order valence-electron chi connectivity index (χ4n) is 3.04.